The molecule has 0 nitrogen and oxygen atoms in total. The number of benzene rings is 3. The highest BCUT2D eigenvalue weighted by Gasteiger charge is 2.01. The molecular weight excluding hydrogens is 372 g/mol. The Labute approximate surface area is 189 Å². The third kappa shape index (κ3) is 7.72. The van der Waals surface area contributed by atoms with Crippen LogP contribution in [0.3, 0.4) is 0 Å². The van der Waals surface area contributed by atoms with Crippen molar-refractivity contribution in [1.29, 1.82) is 0 Å². The molecule has 160 valence electrons. The van der Waals surface area contributed by atoms with Crippen molar-refractivity contribution in [3.63, 3.8) is 0 Å². The summed E-state index contributed by atoms with van der Waals surface area (Å²) in [6.45, 7) is 5.89. The van der Waals surface area contributed by atoms with Gasteiger partial charge >= 0.3 is 0 Å². The maximum absolute atomic E-state index is 3.80. The molecule has 0 aliphatic carbocycles. The molecule has 0 aromatic heterocycles. The summed E-state index contributed by atoms with van der Waals surface area (Å²) in [5, 5.41) is 0. The molecule has 0 saturated carbocycles. The van der Waals surface area contributed by atoms with Crippen molar-refractivity contribution in [2.24, 2.45) is 0 Å². The van der Waals surface area contributed by atoms with Crippen molar-refractivity contribution in [1.82, 2.24) is 0 Å². The number of allylic oxidation sites excluding steroid dienone is 3. The molecule has 3 aromatic carbocycles. The molecule has 3 aromatic rings. The molecule has 0 fully saturated rings. The molecule has 0 spiro atoms. The first-order valence-corrected chi connectivity index (χ1v) is 11.8. The van der Waals surface area contributed by atoms with E-state index in [0.717, 1.165) is 32.1 Å². The maximum Gasteiger partial charge on any atom is -0.0184 e. The number of hydrogen-bond acceptors (Lipinski definition) is 0. The van der Waals surface area contributed by atoms with Crippen LogP contribution in [0.5, 0.6) is 0 Å². The van der Waals surface area contributed by atoms with Crippen molar-refractivity contribution >= 4 is 0 Å². The first-order valence-electron chi connectivity index (χ1n) is 11.8. The van der Waals surface area contributed by atoms with E-state index in [9.17, 15) is 0 Å². The largest absolute Gasteiger partial charge is 0.103 e. The van der Waals surface area contributed by atoms with Crippen LogP contribution in [0, 0.1) is 0 Å². The summed E-state index contributed by atoms with van der Waals surface area (Å²) >= 11 is 0. The highest BCUT2D eigenvalue weighted by molar-refractivity contribution is 5.64. The van der Waals surface area contributed by atoms with Crippen molar-refractivity contribution < 1.29 is 0 Å². The van der Waals surface area contributed by atoms with Gasteiger partial charge in [0.25, 0.3) is 0 Å². The molecule has 0 radical (unpaired) electrons. The predicted octanol–water partition coefficient (Wildman–Crippen LogP) is 8.55. The molecule has 0 aliphatic rings. The van der Waals surface area contributed by atoms with Gasteiger partial charge in [0.2, 0.25) is 0 Å². The van der Waals surface area contributed by atoms with Crippen molar-refractivity contribution in [2.75, 3.05) is 0 Å². The summed E-state index contributed by atoms with van der Waals surface area (Å²) in [6, 6.07) is 27.3. The van der Waals surface area contributed by atoms with Crippen LogP contribution in [0.25, 0.3) is 11.1 Å². The Bertz CT molecular complexity index is 925. The van der Waals surface area contributed by atoms with Gasteiger partial charge in [-0.3, -0.25) is 0 Å². The Morgan fingerprint density at radius 1 is 0.548 bits per heavy atom. The Kier molecular flexibility index (Phi) is 9.38. The van der Waals surface area contributed by atoms with E-state index in [0.29, 0.717) is 0 Å². The van der Waals surface area contributed by atoms with E-state index < -0.39 is 0 Å². The number of rotatable bonds is 12. The minimum atomic E-state index is 1.04. The second-order valence-corrected chi connectivity index (χ2v) is 8.35. The number of unbranched alkanes of at least 4 members (excludes halogenated alkanes) is 1. The average molecular weight is 409 g/mol. The van der Waals surface area contributed by atoms with Gasteiger partial charge in [-0.05, 0) is 91.7 Å². The molecule has 3 rings (SSSR count). The average Bonchev–Trinajstić information content (AvgIpc) is 2.82. The second kappa shape index (κ2) is 12.7. The van der Waals surface area contributed by atoms with Crippen LogP contribution in [-0.2, 0) is 25.7 Å². The SMILES string of the molecule is C=CCCc1ccc(-c2ccc(CCCCc3ccc(CC/C=C/C)cc3)cc2)cc1. The molecule has 0 N–H and O–H groups in total. The maximum atomic E-state index is 3.80. The van der Waals surface area contributed by atoms with Crippen LogP contribution in [0.2, 0.25) is 0 Å². The summed E-state index contributed by atoms with van der Waals surface area (Å²) < 4.78 is 0. The molecule has 0 amide bonds. The highest BCUT2D eigenvalue weighted by Crippen LogP contribution is 2.22. The summed E-state index contributed by atoms with van der Waals surface area (Å²) in [5.74, 6) is 0. The Morgan fingerprint density at radius 2 is 0.935 bits per heavy atom. The molecule has 31 heavy (non-hydrogen) atoms. The smallest absolute Gasteiger partial charge is 0.0184 e. The number of aryl methyl sites for hydroxylation is 4. The van der Waals surface area contributed by atoms with Crippen LogP contribution in [0.1, 0.15) is 54.9 Å². The van der Waals surface area contributed by atoms with Gasteiger partial charge in [0.15, 0.2) is 0 Å². The van der Waals surface area contributed by atoms with Crippen LogP contribution in [0.4, 0.5) is 0 Å². The van der Waals surface area contributed by atoms with Gasteiger partial charge in [-0.1, -0.05) is 91.0 Å². The van der Waals surface area contributed by atoms with E-state index in [-0.39, 0.29) is 0 Å². The second-order valence-electron chi connectivity index (χ2n) is 8.35. The fourth-order valence-corrected chi connectivity index (χ4v) is 3.94. The van der Waals surface area contributed by atoms with Gasteiger partial charge < -0.3 is 0 Å². The molecule has 0 aliphatic heterocycles. The van der Waals surface area contributed by atoms with Crippen LogP contribution in [-0.4, -0.2) is 0 Å². The van der Waals surface area contributed by atoms with Crippen molar-refractivity contribution in [2.45, 2.75) is 58.3 Å². The summed E-state index contributed by atoms with van der Waals surface area (Å²) in [7, 11) is 0. The highest BCUT2D eigenvalue weighted by atomic mass is 14.1. The fraction of sp³-hybridized carbons (Fsp3) is 0.290. The zero-order chi connectivity index (χ0) is 21.7. The first-order chi connectivity index (χ1) is 15.3. The van der Waals surface area contributed by atoms with Gasteiger partial charge in [0.1, 0.15) is 0 Å². The third-order valence-electron chi connectivity index (χ3n) is 5.92. The first kappa shape index (κ1) is 22.8. The van der Waals surface area contributed by atoms with Crippen LogP contribution in [0.15, 0.2) is 97.6 Å². The standard InChI is InChI=1S/C31H36/c1-3-5-7-11-27-14-16-28(17-15-27)12-8-9-13-29-20-24-31(25-21-29)30-22-18-26(19-23-30)10-6-4-2/h3-5,14-25H,2,6-13H2,1H3/b5-3+. The van der Waals surface area contributed by atoms with E-state index in [1.807, 2.05) is 6.08 Å². The Morgan fingerprint density at radius 3 is 1.35 bits per heavy atom. The van der Waals surface area contributed by atoms with Gasteiger partial charge in [0, 0.05) is 0 Å². The lowest BCUT2D eigenvalue weighted by Gasteiger charge is -2.07. The molecule has 0 bridgehead atoms. The lowest BCUT2D eigenvalue weighted by molar-refractivity contribution is 0.734. The van der Waals surface area contributed by atoms with Crippen LogP contribution >= 0.6 is 0 Å². The monoisotopic (exact) mass is 408 g/mol. The van der Waals surface area contributed by atoms with E-state index in [2.05, 4.69) is 98.5 Å². The third-order valence-corrected chi connectivity index (χ3v) is 5.92. The van der Waals surface area contributed by atoms with E-state index in [1.54, 1.807) is 0 Å². The Balaban J connectivity index is 1.41. The quantitative estimate of drug-likeness (QED) is 0.208. The molecule has 0 heterocycles. The summed E-state index contributed by atoms with van der Waals surface area (Å²) in [6.07, 6.45) is 15.5. The summed E-state index contributed by atoms with van der Waals surface area (Å²) in [4.78, 5) is 0. The lowest BCUT2D eigenvalue weighted by Crippen LogP contribution is -1.91. The zero-order valence-electron chi connectivity index (χ0n) is 19.0. The fourth-order valence-electron chi connectivity index (χ4n) is 3.94. The van der Waals surface area contributed by atoms with E-state index in [4.69, 9.17) is 0 Å². The normalized spacial score (nSPS) is 11.1. The molecular formula is C31H36. The molecule has 0 saturated heterocycles. The Hall–Kier alpha value is -2.86. The predicted molar refractivity (Wildman–Crippen MR) is 137 cm³/mol. The molecule has 0 unspecified atom stereocenters. The topological polar surface area (TPSA) is 0 Å². The van der Waals surface area contributed by atoms with E-state index in [1.165, 1.54) is 52.6 Å². The van der Waals surface area contributed by atoms with Crippen molar-refractivity contribution in [3.8, 4) is 11.1 Å². The number of hydrogen-bond donors (Lipinski definition) is 0. The minimum absolute atomic E-state index is 1.04. The van der Waals surface area contributed by atoms with E-state index >= 15 is 0 Å². The van der Waals surface area contributed by atoms with Gasteiger partial charge in [-0.15, -0.1) is 6.58 Å². The van der Waals surface area contributed by atoms with Gasteiger partial charge in [0.05, 0.1) is 0 Å². The minimum Gasteiger partial charge on any atom is -0.103 e. The van der Waals surface area contributed by atoms with Gasteiger partial charge in [-0.2, -0.15) is 0 Å². The van der Waals surface area contributed by atoms with Crippen LogP contribution < -0.4 is 0 Å². The molecule has 0 atom stereocenters. The van der Waals surface area contributed by atoms with Crippen molar-refractivity contribution in [3.05, 3.63) is 120 Å². The zero-order valence-corrected chi connectivity index (χ0v) is 19.0. The van der Waals surface area contributed by atoms with Gasteiger partial charge in [-0.25, -0.2) is 0 Å². The molecule has 0 heteroatoms. The summed E-state index contributed by atoms with van der Waals surface area (Å²) in [5.41, 5.74) is 8.31. The lowest BCUT2D eigenvalue weighted by atomic mass is 9.98.